The van der Waals surface area contributed by atoms with Crippen LogP contribution in [0.3, 0.4) is 0 Å². The van der Waals surface area contributed by atoms with Crippen molar-refractivity contribution in [1.82, 2.24) is 5.43 Å². The van der Waals surface area contributed by atoms with Gasteiger partial charge in [-0.05, 0) is 31.2 Å². The van der Waals surface area contributed by atoms with Gasteiger partial charge in [-0.1, -0.05) is 17.7 Å². The fourth-order valence-corrected chi connectivity index (χ4v) is 3.30. The Morgan fingerprint density at radius 3 is 2.30 bits per heavy atom. The Kier molecular flexibility index (Phi) is 6.56. The lowest BCUT2D eigenvalue weighted by atomic mass is 10.1. The number of rotatable bonds is 7. The van der Waals surface area contributed by atoms with Crippen LogP contribution in [0.25, 0.3) is 0 Å². The van der Waals surface area contributed by atoms with E-state index in [2.05, 4.69) is 10.5 Å². The van der Waals surface area contributed by atoms with Crippen LogP contribution in [0, 0.1) is 12.8 Å². The van der Waals surface area contributed by atoms with E-state index in [1.165, 1.54) is 27.5 Å². The number of carbonyl (C=O) groups excluding carboxylic acids is 2. The number of carbonyl (C=O) groups is 2. The summed E-state index contributed by atoms with van der Waals surface area (Å²) in [6, 6.07) is 11.1. The SMILES string of the molecule is COc1cc(/C=N/NC(=O)C2CC(=O)N(c3ccc(C)cc3)C2)cc(OC)c1OC. The number of anilines is 1. The minimum absolute atomic E-state index is 0.0763. The zero-order chi connectivity index (χ0) is 21.7. The van der Waals surface area contributed by atoms with Crippen LogP contribution in [0.2, 0.25) is 0 Å². The summed E-state index contributed by atoms with van der Waals surface area (Å²) in [7, 11) is 4.57. The molecule has 1 saturated heterocycles. The number of hydrogen-bond acceptors (Lipinski definition) is 6. The molecule has 1 heterocycles. The van der Waals surface area contributed by atoms with E-state index in [9.17, 15) is 9.59 Å². The quantitative estimate of drug-likeness (QED) is 0.559. The summed E-state index contributed by atoms with van der Waals surface area (Å²) in [5.74, 6) is 0.603. The molecule has 0 radical (unpaired) electrons. The standard InChI is InChI=1S/C22H25N3O5/c1-14-5-7-17(8-6-14)25-13-16(11-20(25)26)22(27)24-23-12-15-9-18(28-2)21(30-4)19(10-15)29-3/h5-10,12,16H,11,13H2,1-4H3,(H,24,27)/b23-12+. The number of hydrazone groups is 1. The second-order valence-corrected chi connectivity index (χ2v) is 6.93. The number of ether oxygens (including phenoxy) is 3. The number of amides is 2. The number of benzene rings is 2. The Bertz CT molecular complexity index is 931. The van der Waals surface area contributed by atoms with Gasteiger partial charge in [0.1, 0.15) is 0 Å². The predicted molar refractivity (Wildman–Crippen MR) is 113 cm³/mol. The van der Waals surface area contributed by atoms with Gasteiger partial charge in [-0.2, -0.15) is 5.10 Å². The van der Waals surface area contributed by atoms with E-state index in [-0.39, 0.29) is 18.2 Å². The molecule has 0 spiro atoms. The van der Waals surface area contributed by atoms with Gasteiger partial charge < -0.3 is 19.1 Å². The third-order valence-corrected chi connectivity index (χ3v) is 4.92. The van der Waals surface area contributed by atoms with Gasteiger partial charge in [0, 0.05) is 24.2 Å². The van der Waals surface area contributed by atoms with E-state index in [1.807, 2.05) is 31.2 Å². The summed E-state index contributed by atoms with van der Waals surface area (Å²) in [6.07, 6.45) is 1.64. The average Bonchev–Trinajstić information content (AvgIpc) is 3.15. The molecule has 2 aromatic rings. The Morgan fingerprint density at radius 1 is 1.10 bits per heavy atom. The van der Waals surface area contributed by atoms with Crippen LogP contribution in [0.15, 0.2) is 41.5 Å². The molecule has 1 N–H and O–H groups in total. The largest absolute Gasteiger partial charge is 0.493 e. The normalized spacial score (nSPS) is 16.1. The van der Waals surface area contributed by atoms with E-state index in [0.717, 1.165) is 11.3 Å². The van der Waals surface area contributed by atoms with E-state index in [0.29, 0.717) is 29.4 Å². The number of methoxy groups -OCH3 is 3. The molecule has 3 rings (SSSR count). The van der Waals surface area contributed by atoms with Crippen molar-refractivity contribution in [2.75, 3.05) is 32.8 Å². The lowest BCUT2D eigenvalue weighted by molar-refractivity contribution is -0.126. The maximum absolute atomic E-state index is 12.5. The molecule has 1 aliphatic rings. The zero-order valence-corrected chi connectivity index (χ0v) is 17.5. The van der Waals surface area contributed by atoms with Gasteiger partial charge in [0.25, 0.3) is 0 Å². The Morgan fingerprint density at radius 2 is 1.73 bits per heavy atom. The number of aryl methyl sites for hydroxylation is 1. The molecule has 8 nitrogen and oxygen atoms in total. The smallest absolute Gasteiger partial charge is 0.245 e. The highest BCUT2D eigenvalue weighted by Crippen LogP contribution is 2.37. The van der Waals surface area contributed by atoms with Crippen LogP contribution in [0.5, 0.6) is 17.2 Å². The van der Waals surface area contributed by atoms with Gasteiger partial charge >= 0.3 is 0 Å². The Balaban J connectivity index is 1.65. The maximum Gasteiger partial charge on any atom is 0.245 e. The minimum Gasteiger partial charge on any atom is -0.493 e. The molecule has 8 heteroatoms. The lowest BCUT2D eigenvalue weighted by Crippen LogP contribution is -2.30. The second-order valence-electron chi connectivity index (χ2n) is 6.93. The monoisotopic (exact) mass is 411 g/mol. The van der Waals surface area contributed by atoms with E-state index in [1.54, 1.807) is 17.0 Å². The first-order chi connectivity index (χ1) is 14.5. The third kappa shape index (κ3) is 4.53. The van der Waals surface area contributed by atoms with E-state index < -0.39 is 5.92 Å². The average molecular weight is 411 g/mol. The van der Waals surface area contributed by atoms with Gasteiger partial charge in [0.2, 0.25) is 17.6 Å². The summed E-state index contributed by atoms with van der Waals surface area (Å²) in [5.41, 5.74) is 5.08. The molecule has 2 amide bonds. The zero-order valence-electron chi connectivity index (χ0n) is 17.5. The fourth-order valence-electron chi connectivity index (χ4n) is 3.30. The summed E-state index contributed by atoms with van der Waals surface area (Å²) in [5, 5.41) is 4.02. The van der Waals surface area contributed by atoms with Gasteiger partial charge in [0.15, 0.2) is 11.5 Å². The van der Waals surface area contributed by atoms with Crippen LogP contribution in [0.1, 0.15) is 17.5 Å². The van der Waals surface area contributed by atoms with Crippen molar-refractivity contribution in [3.63, 3.8) is 0 Å². The number of nitrogens with one attached hydrogen (secondary N) is 1. The summed E-state index contributed by atoms with van der Waals surface area (Å²) >= 11 is 0. The molecule has 1 unspecified atom stereocenters. The van der Waals surface area contributed by atoms with Gasteiger partial charge in [-0.15, -0.1) is 0 Å². The van der Waals surface area contributed by atoms with Gasteiger partial charge in [0.05, 0.1) is 33.5 Å². The molecule has 0 saturated carbocycles. The molecule has 1 aliphatic heterocycles. The van der Waals surface area contributed by atoms with Crippen LogP contribution in [0.4, 0.5) is 5.69 Å². The molecule has 0 aliphatic carbocycles. The summed E-state index contributed by atoms with van der Waals surface area (Å²) < 4.78 is 15.9. The van der Waals surface area contributed by atoms with Gasteiger partial charge in [-0.3, -0.25) is 9.59 Å². The molecule has 0 bridgehead atoms. The minimum atomic E-state index is -0.462. The summed E-state index contributed by atoms with van der Waals surface area (Å²) in [4.78, 5) is 26.5. The fraction of sp³-hybridized carbons (Fsp3) is 0.318. The first kappa shape index (κ1) is 21.2. The molecular formula is C22H25N3O5. The Labute approximate surface area is 175 Å². The van der Waals surface area contributed by atoms with Crippen LogP contribution in [-0.4, -0.2) is 45.9 Å². The number of nitrogens with zero attached hydrogens (tertiary/aromatic N) is 2. The van der Waals surface area contributed by atoms with E-state index in [4.69, 9.17) is 14.2 Å². The van der Waals surface area contributed by atoms with Crippen molar-refractivity contribution in [2.45, 2.75) is 13.3 Å². The highest BCUT2D eigenvalue weighted by molar-refractivity contribution is 6.00. The van der Waals surface area contributed by atoms with Crippen molar-refractivity contribution in [1.29, 1.82) is 0 Å². The topological polar surface area (TPSA) is 89.5 Å². The first-order valence-corrected chi connectivity index (χ1v) is 9.46. The summed E-state index contributed by atoms with van der Waals surface area (Å²) in [6.45, 7) is 2.31. The molecular weight excluding hydrogens is 386 g/mol. The van der Waals surface area contributed by atoms with Crippen LogP contribution in [-0.2, 0) is 9.59 Å². The second kappa shape index (κ2) is 9.30. The van der Waals surface area contributed by atoms with Crippen LogP contribution < -0.4 is 24.5 Å². The predicted octanol–water partition coefficient (Wildman–Crippen LogP) is 2.52. The molecule has 30 heavy (non-hydrogen) atoms. The highest BCUT2D eigenvalue weighted by atomic mass is 16.5. The van der Waals surface area contributed by atoms with E-state index >= 15 is 0 Å². The first-order valence-electron chi connectivity index (χ1n) is 9.46. The van der Waals surface area contributed by atoms with Crippen molar-refractivity contribution in [2.24, 2.45) is 11.0 Å². The molecule has 1 fully saturated rings. The molecule has 1 atom stereocenters. The van der Waals surface area contributed by atoms with Crippen molar-refractivity contribution in [3.8, 4) is 17.2 Å². The molecule has 0 aromatic heterocycles. The maximum atomic E-state index is 12.5. The molecule has 2 aromatic carbocycles. The van der Waals surface area contributed by atoms with Crippen LogP contribution >= 0.6 is 0 Å². The molecule has 158 valence electrons. The van der Waals surface area contributed by atoms with Gasteiger partial charge in [-0.25, -0.2) is 5.43 Å². The van der Waals surface area contributed by atoms with Crippen molar-refractivity contribution < 1.29 is 23.8 Å². The number of hydrogen-bond donors (Lipinski definition) is 1. The lowest BCUT2D eigenvalue weighted by Gasteiger charge is -2.16. The van der Waals surface area contributed by atoms with Crippen molar-refractivity contribution in [3.05, 3.63) is 47.5 Å². The highest BCUT2D eigenvalue weighted by Gasteiger charge is 2.35. The van der Waals surface area contributed by atoms with Crippen molar-refractivity contribution >= 4 is 23.7 Å². The Hall–Kier alpha value is -3.55. The third-order valence-electron chi connectivity index (χ3n) is 4.92.